The molecule has 5 heterocycles. The number of likely N-dealkylation sites (tertiary alicyclic amines) is 1. The summed E-state index contributed by atoms with van der Waals surface area (Å²) in [5.41, 5.74) is 4.15. The topological polar surface area (TPSA) is 83.9 Å². The summed E-state index contributed by atoms with van der Waals surface area (Å²) in [6.07, 6.45) is 2.91. The summed E-state index contributed by atoms with van der Waals surface area (Å²) in [7, 11) is -0.394. The Bertz CT molecular complexity index is 2320. The molecule has 9 nitrogen and oxygen atoms in total. The second kappa shape index (κ2) is 16.5. The number of pyridine rings is 1. The van der Waals surface area contributed by atoms with Crippen molar-refractivity contribution < 1.29 is 27.4 Å². The minimum Gasteiger partial charge on any atom is -0.461 e. The van der Waals surface area contributed by atoms with Crippen molar-refractivity contribution in [1.29, 1.82) is 0 Å². The summed E-state index contributed by atoms with van der Waals surface area (Å²) in [5, 5.41) is 1.56. The van der Waals surface area contributed by atoms with Crippen LogP contribution in [-0.2, 0) is 4.74 Å². The lowest BCUT2D eigenvalue weighted by Gasteiger charge is -2.38. The number of aromatic nitrogens is 3. The Labute approximate surface area is 354 Å². The van der Waals surface area contributed by atoms with Crippen molar-refractivity contribution in [1.82, 2.24) is 24.8 Å². The highest BCUT2D eigenvalue weighted by Crippen LogP contribution is 2.43. The van der Waals surface area contributed by atoms with Gasteiger partial charge in [-0.3, -0.25) is 9.88 Å². The summed E-state index contributed by atoms with van der Waals surface area (Å²) >= 11 is 0. The normalized spacial score (nSPS) is 22.3. The van der Waals surface area contributed by atoms with Crippen molar-refractivity contribution in [3.8, 4) is 28.7 Å². The zero-order valence-corrected chi connectivity index (χ0v) is 38.1. The molecule has 0 saturated carbocycles. The van der Waals surface area contributed by atoms with Gasteiger partial charge in [-0.25, -0.2) is 18.0 Å². The summed E-state index contributed by atoms with van der Waals surface area (Å²) < 4.78 is 60.5. The van der Waals surface area contributed by atoms with Gasteiger partial charge in [0.25, 0.3) is 0 Å². The SMILES string of the molecule is CC(C)[Si](C#Cc1c(F)ccc2cccc(-c3ncc4c(N(C)[C@H]5CCN(C(=O)OC(C)(C)C)[C@H]5C)nc(OC[C@@]56CCCN5C[C@H](F)C6)nc4c3F)c12)(C(C)C)C(C)C. The quantitative estimate of drug-likeness (QED) is 0.122. The first kappa shape index (κ1) is 43.7. The van der Waals surface area contributed by atoms with Crippen LogP contribution in [0.5, 0.6) is 6.01 Å². The first-order valence-electron chi connectivity index (χ1n) is 21.6. The molecule has 0 spiro atoms. The van der Waals surface area contributed by atoms with E-state index in [1.165, 1.54) is 6.07 Å². The fourth-order valence-electron chi connectivity index (χ4n) is 10.6. The zero-order chi connectivity index (χ0) is 43.5. The molecule has 60 heavy (non-hydrogen) atoms. The molecule has 0 radical (unpaired) electrons. The first-order chi connectivity index (χ1) is 28.3. The number of likely N-dealkylation sites (N-methyl/N-ethyl adjacent to an activating group) is 1. The summed E-state index contributed by atoms with van der Waals surface area (Å²) in [6.45, 7) is 22.5. The highest BCUT2D eigenvalue weighted by atomic mass is 28.3. The molecular weight excluding hydrogens is 782 g/mol. The minimum absolute atomic E-state index is 0.00190. The number of alkyl halides is 1. The zero-order valence-electron chi connectivity index (χ0n) is 37.1. The van der Waals surface area contributed by atoms with Gasteiger partial charge in [-0.1, -0.05) is 71.7 Å². The van der Waals surface area contributed by atoms with Crippen LogP contribution in [0, 0.1) is 23.1 Å². The number of benzene rings is 2. The van der Waals surface area contributed by atoms with Crippen molar-refractivity contribution >= 4 is 41.7 Å². The first-order valence-corrected chi connectivity index (χ1v) is 23.9. The van der Waals surface area contributed by atoms with Crippen LogP contribution in [0.2, 0.25) is 16.6 Å². The second-order valence-corrected chi connectivity index (χ2v) is 24.8. The number of nitrogens with zero attached hydrogens (tertiary/aromatic N) is 6. The van der Waals surface area contributed by atoms with Crippen LogP contribution in [0.25, 0.3) is 32.9 Å². The number of ether oxygens (including phenoxy) is 2. The molecule has 4 aromatic rings. The average molecular weight is 843 g/mol. The fraction of sp³-hybridized carbons (Fsp3) is 0.574. The average Bonchev–Trinajstić information content (AvgIpc) is 3.84. The summed E-state index contributed by atoms with van der Waals surface area (Å²) in [4.78, 5) is 33.3. The van der Waals surface area contributed by atoms with Crippen molar-refractivity contribution in [2.45, 2.75) is 141 Å². The molecule has 2 aromatic carbocycles. The predicted molar refractivity (Wildman–Crippen MR) is 236 cm³/mol. The Kier molecular flexibility index (Phi) is 12.0. The Morgan fingerprint density at radius 3 is 2.45 bits per heavy atom. The third-order valence-corrected chi connectivity index (χ3v) is 19.9. The Morgan fingerprint density at radius 2 is 1.77 bits per heavy atom. The van der Waals surface area contributed by atoms with Crippen LogP contribution in [0.15, 0.2) is 36.5 Å². The maximum absolute atomic E-state index is 17.5. The van der Waals surface area contributed by atoms with Gasteiger partial charge in [-0.15, -0.1) is 5.54 Å². The van der Waals surface area contributed by atoms with Crippen LogP contribution >= 0.6 is 0 Å². The number of hydrogen-bond acceptors (Lipinski definition) is 8. The lowest BCUT2D eigenvalue weighted by molar-refractivity contribution is 0.0233. The van der Waals surface area contributed by atoms with Gasteiger partial charge in [0.15, 0.2) is 5.82 Å². The maximum atomic E-state index is 17.5. The Hall–Kier alpha value is -4.41. The molecule has 13 heteroatoms. The molecule has 322 valence electrons. The van der Waals surface area contributed by atoms with E-state index in [-0.39, 0.29) is 41.5 Å². The maximum Gasteiger partial charge on any atom is 0.410 e. The molecule has 3 fully saturated rings. The molecule has 1 amide bonds. The molecule has 3 saturated heterocycles. The van der Waals surface area contributed by atoms with Crippen molar-refractivity contribution in [2.75, 3.05) is 38.2 Å². The lowest BCUT2D eigenvalue weighted by Crippen LogP contribution is -2.45. The molecule has 4 atom stereocenters. The van der Waals surface area contributed by atoms with Gasteiger partial charge in [0.2, 0.25) is 0 Å². The number of anilines is 1. The largest absolute Gasteiger partial charge is 0.461 e. The number of fused-ring (bicyclic) bond motifs is 3. The predicted octanol–water partition coefficient (Wildman–Crippen LogP) is 10.5. The van der Waals surface area contributed by atoms with Gasteiger partial charge >= 0.3 is 12.1 Å². The van der Waals surface area contributed by atoms with Crippen LogP contribution in [-0.4, -0.2) is 102 Å². The Morgan fingerprint density at radius 1 is 1.05 bits per heavy atom. The molecule has 2 aromatic heterocycles. The van der Waals surface area contributed by atoms with Gasteiger partial charge in [0, 0.05) is 43.7 Å². The number of amides is 1. The molecule has 0 N–H and O–H groups in total. The van der Waals surface area contributed by atoms with Crippen LogP contribution in [0.3, 0.4) is 0 Å². The van der Waals surface area contributed by atoms with E-state index in [1.807, 2.05) is 51.8 Å². The number of carbonyl (C=O) groups is 1. The molecule has 3 aliphatic heterocycles. The van der Waals surface area contributed by atoms with E-state index in [1.54, 1.807) is 23.2 Å². The van der Waals surface area contributed by atoms with E-state index in [0.29, 0.717) is 70.1 Å². The highest BCUT2D eigenvalue weighted by Gasteiger charge is 2.49. The molecule has 0 aliphatic carbocycles. The van der Waals surface area contributed by atoms with Crippen molar-refractivity contribution in [3.05, 3.63) is 53.7 Å². The molecule has 0 unspecified atom stereocenters. The lowest BCUT2D eigenvalue weighted by atomic mass is 9.95. The minimum atomic E-state index is -2.26. The molecule has 3 aliphatic rings. The fourth-order valence-corrected chi connectivity index (χ4v) is 15.9. The number of rotatable bonds is 9. The molecule has 0 bridgehead atoms. The number of hydrogen-bond donors (Lipinski definition) is 0. The van der Waals surface area contributed by atoms with Gasteiger partial charge < -0.3 is 19.3 Å². The van der Waals surface area contributed by atoms with Crippen molar-refractivity contribution in [3.63, 3.8) is 0 Å². The van der Waals surface area contributed by atoms with Crippen molar-refractivity contribution in [2.24, 2.45) is 0 Å². The van der Waals surface area contributed by atoms with E-state index in [4.69, 9.17) is 24.4 Å². The smallest absolute Gasteiger partial charge is 0.410 e. The van der Waals surface area contributed by atoms with Crippen LogP contribution in [0.4, 0.5) is 23.8 Å². The number of halogens is 3. The third-order valence-electron chi connectivity index (χ3n) is 13.6. The summed E-state index contributed by atoms with van der Waals surface area (Å²) in [6, 6.07) is 8.04. The highest BCUT2D eigenvalue weighted by molar-refractivity contribution is 6.90. The van der Waals surface area contributed by atoms with Gasteiger partial charge in [-0.2, -0.15) is 9.97 Å². The van der Waals surface area contributed by atoms with E-state index in [0.717, 1.165) is 19.4 Å². The van der Waals surface area contributed by atoms with Crippen LogP contribution < -0.4 is 9.64 Å². The Balaban J connectivity index is 1.36. The van der Waals surface area contributed by atoms with E-state index in [9.17, 15) is 9.18 Å². The molecular formula is C47H61F3N6O3Si. The molecule has 7 rings (SSSR count). The van der Waals surface area contributed by atoms with Gasteiger partial charge in [0.1, 0.15) is 49.3 Å². The van der Waals surface area contributed by atoms with E-state index in [2.05, 4.69) is 57.9 Å². The summed E-state index contributed by atoms with van der Waals surface area (Å²) in [5.74, 6) is 2.54. The number of carbonyl (C=O) groups excluding carboxylic acids is 1. The van der Waals surface area contributed by atoms with Gasteiger partial charge in [-0.05, 0) is 81.6 Å². The van der Waals surface area contributed by atoms with E-state index >= 15 is 8.78 Å². The van der Waals surface area contributed by atoms with Gasteiger partial charge in [0.05, 0.1) is 28.6 Å². The monoisotopic (exact) mass is 842 g/mol. The third kappa shape index (κ3) is 7.83. The standard InChI is InChI=1S/C47H61F3N6O3Si/c1-28(2)60(29(3)4,30(5)6)23-19-34-37(49)17-16-32-14-12-15-35(39(32)34)41-40(50)42-36(25-51-41)43(54(11)38-18-22-56(31(38)7)45(57)59-46(8,9)10)53-44(52-42)58-27-47-20-13-21-55(47)26-33(48)24-47/h12,14-17,25,28-31,33,38H,13,18,20-22,24,26-27H2,1-11H3/t31-,33+,38-,47-/m0/s1. The van der Waals surface area contributed by atoms with Crippen LogP contribution in [0.1, 0.15) is 100 Å². The second-order valence-electron chi connectivity index (χ2n) is 19.2. The van der Waals surface area contributed by atoms with E-state index < -0.39 is 43.1 Å².